The Morgan fingerprint density at radius 3 is 2.40 bits per heavy atom. The van der Waals surface area contributed by atoms with Crippen LogP contribution in [0.5, 0.6) is 0 Å². The number of aromatic nitrogens is 4. The summed E-state index contributed by atoms with van der Waals surface area (Å²) in [5.74, 6) is -3.40. The second kappa shape index (κ2) is 13.1. The number of H-pyrrole nitrogens is 1. The maximum Gasteiger partial charge on any atom is 0.389 e. The van der Waals surface area contributed by atoms with Crippen molar-refractivity contribution in [1.82, 2.24) is 30.4 Å². The molecule has 8 nitrogen and oxygen atoms in total. The molecule has 1 aromatic carbocycles. The average molecular weight is 579 g/mol. The molecular formula is C25H29F7N6O2. The number of hydrogen-bond acceptors (Lipinski definition) is 4. The zero-order valence-electron chi connectivity index (χ0n) is 21.6. The molecule has 0 atom stereocenters. The molecule has 15 heteroatoms. The lowest BCUT2D eigenvalue weighted by Gasteiger charge is -2.20. The number of aryl methyl sites for hydroxylation is 1. The van der Waals surface area contributed by atoms with Crippen molar-refractivity contribution < 1.29 is 40.3 Å². The molecule has 1 aliphatic carbocycles. The Hall–Kier alpha value is -3.65. The van der Waals surface area contributed by atoms with Gasteiger partial charge in [0.1, 0.15) is 11.5 Å². The van der Waals surface area contributed by atoms with E-state index in [0.29, 0.717) is 35.3 Å². The molecule has 0 bridgehead atoms. The Labute approximate surface area is 224 Å². The number of halogens is 7. The Morgan fingerprint density at radius 2 is 1.80 bits per heavy atom. The number of nitrogens with one attached hydrogen (secondary N) is 3. The van der Waals surface area contributed by atoms with Crippen molar-refractivity contribution in [3.63, 3.8) is 0 Å². The minimum absolute atomic E-state index is 0.0368. The van der Waals surface area contributed by atoms with E-state index in [9.17, 15) is 40.3 Å². The molecule has 1 saturated carbocycles. The molecule has 220 valence electrons. The summed E-state index contributed by atoms with van der Waals surface area (Å²) < 4.78 is 88.0. The number of carbonyl (C=O) groups excluding carboxylic acids is 2. The van der Waals surface area contributed by atoms with E-state index in [2.05, 4.69) is 25.7 Å². The standard InChI is InChI=1S/C19H19F5N6O2.C6H10F2/c1-30-16(17(20)21)11(8-27-30)18(32)26-9-14-28-12-3-2-10(6-13(12)29-14)7-25-15(31)4-5-19(22,23)24;7-6(8)4-2-1-3-5-6/h2-3,6,8,17H,4-5,7,9H2,1H3,(H,25,31)(H,26,32)(H,28,29);1-5H2. The van der Waals surface area contributed by atoms with Gasteiger partial charge < -0.3 is 15.6 Å². The van der Waals surface area contributed by atoms with E-state index in [1.807, 2.05) is 0 Å². The lowest BCUT2D eigenvalue weighted by Crippen LogP contribution is -2.24. The Morgan fingerprint density at radius 1 is 1.10 bits per heavy atom. The molecule has 0 unspecified atom stereocenters. The summed E-state index contributed by atoms with van der Waals surface area (Å²) in [6, 6.07) is 4.96. The summed E-state index contributed by atoms with van der Waals surface area (Å²) in [5.41, 5.74) is 1.03. The molecule has 1 aliphatic rings. The van der Waals surface area contributed by atoms with E-state index in [1.165, 1.54) is 7.05 Å². The first kappa shape index (κ1) is 30.9. The second-order valence-electron chi connectivity index (χ2n) is 9.39. The maximum atomic E-state index is 13.1. The van der Waals surface area contributed by atoms with Crippen LogP contribution >= 0.6 is 0 Å². The predicted molar refractivity (Wildman–Crippen MR) is 131 cm³/mol. The fraction of sp³-hybridized carbons (Fsp3) is 0.520. The van der Waals surface area contributed by atoms with Gasteiger partial charge in [-0.25, -0.2) is 22.5 Å². The molecular weight excluding hydrogens is 549 g/mol. The Balaban J connectivity index is 0.000000472. The topological polar surface area (TPSA) is 105 Å². The van der Waals surface area contributed by atoms with E-state index in [4.69, 9.17) is 0 Å². The molecule has 3 aromatic rings. The number of amides is 2. The molecule has 4 rings (SSSR count). The van der Waals surface area contributed by atoms with E-state index in [0.717, 1.165) is 17.3 Å². The van der Waals surface area contributed by atoms with Gasteiger partial charge in [0, 0.05) is 32.9 Å². The second-order valence-corrected chi connectivity index (χ2v) is 9.39. The number of nitrogens with zero attached hydrogens (tertiary/aromatic N) is 3. The monoisotopic (exact) mass is 578 g/mol. The van der Waals surface area contributed by atoms with Gasteiger partial charge in [0.2, 0.25) is 11.8 Å². The van der Waals surface area contributed by atoms with Crippen LogP contribution in [0.4, 0.5) is 30.7 Å². The van der Waals surface area contributed by atoms with Gasteiger partial charge in [-0.05, 0) is 30.5 Å². The van der Waals surface area contributed by atoms with Crippen molar-refractivity contribution in [3.8, 4) is 0 Å². The molecule has 3 N–H and O–H groups in total. The number of alkyl halides is 7. The third kappa shape index (κ3) is 9.23. The van der Waals surface area contributed by atoms with Crippen molar-refractivity contribution in [1.29, 1.82) is 0 Å². The van der Waals surface area contributed by atoms with Gasteiger partial charge in [0.25, 0.3) is 12.3 Å². The summed E-state index contributed by atoms with van der Waals surface area (Å²) in [6.07, 6.45) is -5.37. The molecule has 2 heterocycles. The van der Waals surface area contributed by atoms with Crippen LogP contribution in [-0.2, 0) is 24.9 Å². The largest absolute Gasteiger partial charge is 0.389 e. The molecule has 2 aromatic heterocycles. The molecule has 1 fully saturated rings. The number of fused-ring (bicyclic) bond motifs is 1. The van der Waals surface area contributed by atoms with Crippen LogP contribution in [0, 0.1) is 0 Å². The maximum absolute atomic E-state index is 13.1. The molecule has 40 heavy (non-hydrogen) atoms. The Bertz CT molecular complexity index is 1290. The highest BCUT2D eigenvalue weighted by Gasteiger charge is 2.30. The summed E-state index contributed by atoms with van der Waals surface area (Å²) >= 11 is 0. The molecule has 2 amide bonds. The molecule has 0 radical (unpaired) electrons. The van der Waals surface area contributed by atoms with Gasteiger partial charge in [-0.3, -0.25) is 14.3 Å². The number of imidazole rings is 1. The van der Waals surface area contributed by atoms with Crippen molar-refractivity contribution in [3.05, 3.63) is 47.0 Å². The van der Waals surface area contributed by atoms with Crippen molar-refractivity contribution >= 4 is 22.8 Å². The van der Waals surface area contributed by atoms with Crippen LogP contribution in [0.15, 0.2) is 24.4 Å². The third-order valence-corrected chi connectivity index (χ3v) is 6.16. The fourth-order valence-corrected chi connectivity index (χ4v) is 4.06. The normalized spacial score (nSPS) is 15.0. The summed E-state index contributed by atoms with van der Waals surface area (Å²) in [5, 5.41) is 8.59. The highest BCUT2D eigenvalue weighted by Crippen LogP contribution is 2.32. The van der Waals surface area contributed by atoms with Gasteiger partial charge in [-0.1, -0.05) is 12.5 Å². The van der Waals surface area contributed by atoms with Gasteiger partial charge in [0.15, 0.2) is 0 Å². The molecule has 0 spiro atoms. The summed E-state index contributed by atoms with van der Waals surface area (Å²) in [6.45, 7) is -0.0241. The van der Waals surface area contributed by atoms with E-state index < -0.39 is 48.9 Å². The van der Waals surface area contributed by atoms with Crippen molar-refractivity contribution in [2.75, 3.05) is 0 Å². The molecule has 0 saturated heterocycles. The van der Waals surface area contributed by atoms with Crippen molar-refractivity contribution in [2.24, 2.45) is 7.05 Å². The molecule has 0 aliphatic heterocycles. The van der Waals surface area contributed by atoms with Crippen LogP contribution in [0.3, 0.4) is 0 Å². The van der Waals surface area contributed by atoms with Crippen LogP contribution in [0.25, 0.3) is 11.0 Å². The number of benzene rings is 1. The highest BCUT2D eigenvalue weighted by atomic mass is 19.4. The zero-order valence-corrected chi connectivity index (χ0v) is 21.6. The summed E-state index contributed by atoms with van der Waals surface area (Å²) in [4.78, 5) is 31.0. The smallest absolute Gasteiger partial charge is 0.352 e. The van der Waals surface area contributed by atoms with Crippen LogP contribution in [0.1, 0.15) is 78.8 Å². The van der Waals surface area contributed by atoms with Crippen LogP contribution in [-0.4, -0.2) is 43.7 Å². The predicted octanol–water partition coefficient (Wildman–Crippen LogP) is 5.71. The number of aromatic amines is 1. The zero-order chi connectivity index (χ0) is 29.5. The lowest BCUT2D eigenvalue weighted by molar-refractivity contribution is -0.144. The fourth-order valence-electron chi connectivity index (χ4n) is 4.06. The SMILES string of the molecule is Cn1ncc(C(=O)NCc2nc3ccc(CNC(=O)CCC(F)(F)F)cc3[nH]2)c1C(F)F.FC1(F)CCCCC1. The highest BCUT2D eigenvalue weighted by molar-refractivity contribution is 5.95. The van der Waals surface area contributed by atoms with Crippen LogP contribution in [0.2, 0.25) is 0 Å². The number of carbonyl (C=O) groups is 2. The number of rotatable bonds is 8. The van der Waals surface area contributed by atoms with Crippen molar-refractivity contribution in [2.45, 2.75) is 76.6 Å². The van der Waals surface area contributed by atoms with Gasteiger partial charge in [-0.15, -0.1) is 0 Å². The Kier molecular flexibility index (Phi) is 10.1. The van der Waals surface area contributed by atoms with E-state index in [-0.39, 0.29) is 31.5 Å². The average Bonchev–Trinajstić information content (AvgIpc) is 3.47. The third-order valence-electron chi connectivity index (χ3n) is 6.16. The van der Waals surface area contributed by atoms with Gasteiger partial charge in [0.05, 0.1) is 35.8 Å². The van der Waals surface area contributed by atoms with Gasteiger partial charge >= 0.3 is 6.18 Å². The quantitative estimate of drug-likeness (QED) is 0.298. The van der Waals surface area contributed by atoms with E-state index in [1.54, 1.807) is 18.2 Å². The minimum atomic E-state index is -4.39. The summed E-state index contributed by atoms with van der Waals surface area (Å²) in [7, 11) is 1.31. The van der Waals surface area contributed by atoms with E-state index >= 15 is 0 Å². The lowest BCUT2D eigenvalue weighted by atomic mass is 9.97. The first-order chi connectivity index (χ1) is 18.7. The number of hydrogen-bond donors (Lipinski definition) is 3. The van der Waals surface area contributed by atoms with Gasteiger partial charge in [-0.2, -0.15) is 18.3 Å². The first-order valence-electron chi connectivity index (χ1n) is 12.5. The first-order valence-corrected chi connectivity index (χ1v) is 12.5. The van der Waals surface area contributed by atoms with Crippen LogP contribution < -0.4 is 10.6 Å². The minimum Gasteiger partial charge on any atom is -0.352 e.